The molecule has 1 unspecified atom stereocenters. The van der Waals surface area contributed by atoms with Crippen LogP contribution >= 0.6 is 0 Å². The van der Waals surface area contributed by atoms with E-state index in [1.165, 1.54) is 0 Å². The normalized spacial score (nSPS) is 18.0. The maximum atomic E-state index is 9.24. The van der Waals surface area contributed by atoms with Gasteiger partial charge in [-0.1, -0.05) is 12.1 Å². The molecule has 1 aromatic heterocycles. The van der Waals surface area contributed by atoms with E-state index in [1.807, 2.05) is 30.3 Å². The van der Waals surface area contributed by atoms with E-state index in [0.717, 1.165) is 37.2 Å². The summed E-state index contributed by atoms with van der Waals surface area (Å²) in [6, 6.07) is 12.1. The van der Waals surface area contributed by atoms with Crippen molar-refractivity contribution in [2.24, 2.45) is 0 Å². The van der Waals surface area contributed by atoms with Crippen molar-refractivity contribution in [2.45, 2.75) is 18.9 Å². The molecule has 1 aliphatic heterocycles. The lowest BCUT2D eigenvalue weighted by molar-refractivity contribution is 0.527. The van der Waals surface area contributed by atoms with Gasteiger partial charge in [-0.05, 0) is 31.0 Å². The second-order valence-electron chi connectivity index (χ2n) is 5.13. The lowest BCUT2D eigenvalue weighted by Gasteiger charge is -2.35. The Morgan fingerprint density at radius 1 is 1.19 bits per heavy atom. The molecule has 0 amide bonds. The maximum Gasteiger partial charge on any atom is 0.222 e. The molecule has 1 fully saturated rings. The number of anilines is 2. The third-order valence-electron chi connectivity index (χ3n) is 3.69. The largest absolute Gasteiger partial charge is 0.368 e. The van der Waals surface area contributed by atoms with Gasteiger partial charge in [-0.3, -0.25) is 0 Å². The highest BCUT2D eigenvalue weighted by Gasteiger charge is 2.22. The fourth-order valence-corrected chi connectivity index (χ4v) is 2.71. The number of nitrogens with zero attached hydrogens (tertiary/aromatic N) is 4. The molecule has 0 spiro atoms. The molecule has 1 atom stereocenters. The number of aromatic nitrogens is 2. The Hall–Kier alpha value is -2.61. The Balaban J connectivity index is 1.73. The smallest absolute Gasteiger partial charge is 0.222 e. The molecular formula is C16H17N5. The zero-order valence-electron chi connectivity index (χ0n) is 11.7. The van der Waals surface area contributed by atoms with Crippen molar-refractivity contribution in [2.75, 3.05) is 23.3 Å². The van der Waals surface area contributed by atoms with Crippen LogP contribution in [0.4, 0.5) is 11.6 Å². The number of nitrogens with one attached hydrogen (secondary N) is 1. The molecule has 3 rings (SSSR count). The highest BCUT2D eigenvalue weighted by atomic mass is 15.2. The van der Waals surface area contributed by atoms with Crippen molar-refractivity contribution >= 4 is 11.6 Å². The Morgan fingerprint density at radius 3 is 2.81 bits per heavy atom. The fourth-order valence-electron chi connectivity index (χ4n) is 2.71. The summed E-state index contributed by atoms with van der Waals surface area (Å²) < 4.78 is 0. The van der Waals surface area contributed by atoms with Crippen molar-refractivity contribution < 1.29 is 0 Å². The molecule has 1 aromatic carbocycles. The number of nitriles is 1. The third kappa shape index (κ3) is 3.11. The average Bonchev–Trinajstić information content (AvgIpc) is 2.56. The molecule has 21 heavy (non-hydrogen) atoms. The lowest BCUT2D eigenvalue weighted by atomic mass is 10.0. The fraction of sp³-hybridized carbons (Fsp3) is 0.312. The number of piperidine rings is 1. The maximum absolute atomic E-state index is 9.24. The van der Waals surface area contributed by atoms with E-state index in [9.17, 15) is 5.26 Å². The van der Waals surface area contributed by atoms with Gasteiger partial charge in [0.25, 0.3) is 0 Å². The molecule has 106 valence electrons. The topological polar surface area (TPSA) is 64.8 Å². The van der Waals surface area contributed by atoms with E-state index < -0.39 is 0 Å². The Bertz CT molecular complexity index is 635. The first kappa shape index (κ1) is 13.4. The van der Waals surface area contributed by atoms with Crippen molar-refractivity contribution in [3.63, 3.8) is 0 Å². The molecule has 1 N–H and O–H groups in total. The van der Waals surface area contributed by atoms with Crippen LogP contribution in [-0.4, -0.2) is 29.1 Å². The predicted octanol–water partition coefficient (Wildman–Crippen LogP) is 2.43. The summed E-state index contributed by atoms with van der Waals surface area (Å²) in [4.78, 5) is 10.7. The summed E-state index contributed by atoms with van der Waals surface area (Å²) in [5.74, 6) is 0.665. The molecule has 2 aromatic rings. The number of hydrogen-bond donors (Lipinski definition) is 1. The van der Waals surface area contributed by atoms with E-state index in [4.69, 9.17) is 0 Å². The summed E-state index contributed by atoms with van der Waals surface area (Å²) >= 11 is 0. The van der Waals surface area contributed by atoms with Gasteiger partial charge in [-0.2, -0.15) is 5.26 Å². The van der Waals surface area contributed by atoms with Gasteiger partial charge in [0.2, 0.25) is 5.95 Å². The molecule has 0 bridgehead atoms. The minimum absolute atomic E-state index is 0.299. The molecule has 5 nitrogen and oxygen atoms in total. The van der Waals surface area contributed by atoms with Crippen LogP contribution in [0.1, 0.15) is 18.4 Å². The zero-order chi connectivity index (χ0) is 14.5. The van der Waals surface area contributed by atoms with E-state index in [1.54, 1.807) is 12.4 Å². The number of para-hydroxylation sites is 1. The van der Waals surface area contributed by atoms with Crippen LogP contribution in [0.2, 0.25) is 0 Å². The van der Waals surface area contributed by atoms with Gasteiger partial charge >= 0.3 is 0 Å². The van der Waals surface area contributed by atoms with E-state index >= 15 is 0 Å². The summed E-state index contributed by atoms with van der Waals surface area (Å²) in [7, 11) is 0. The summed E-state index contributed by atoms with van der Waals surface area (Å²) in [6.45, 7) is 1.84. The standard InChI is InChI=1S/C16H17N5/c17-11-13-5-1-2-7-15(13)21-10-3-6-14(12-21)20-16-18-8-4-9-19-16/h1-2,4-5,7-9,14H,3,6,10,12H2,(H,18,19,20). The SMILES string of the molecule is N#Cc1ccccc1N1CCCC(Nc2ncccn2)C1. The number of hydrogen-bond acceptors (Lipinski definition) is 5. The van der Waals surface area contributed by atoms with Gasteiger partial charge in [0.05, 0.1) is 11.3 Å². The molecule has 1 aliphatic rings. The minimum atomic E-state index is 0.299. The average molecular weight is 279 g/mol. The molecule has 0 radical (unpaired) electrons. The highest BCUT2D eigenvalue weighted by Crippen LogP contribution is 2.24. The van der Waals surface area contributed by atoms with Crippen molar-refractivity contribution in [1.29, 1.82) is 5.26 Å². The predicted molar refractivity (Wildman–Crippen MR) is 82.0 cm³/mol. The van der Waals surface area contributed by atoms with Gasteiger partial charge in [-0.25, -0.2) is 9.97 Å². The van der Waals surface area contributed by atoms with Crippen LogP contribution in [0.3, 0.4) is 0 Å². The molecule has 0 aliphatic carbocycles. The van der Waals surface area contributed by atoms with Gasteiger partial charge in [0.15, 0.2) is 0 Å². The Kier molecular flexibility index (Phi) is 3.97. The van der Waals surface area contributed by atoms with E-state index in [0.29, 0.717) is 12.0 Å². The van der Waals surface area contributed by atoms with Crippen molar-refractivity contribution in [3.8, 4) is 6.07 Å². The second kappa shape index (κ2) is 6.23. The lowest BCUT2D eigenvalue weighted by Crippen LogP contribution is -2.42. The first-order valence-corrected chi connectivity index (χ1v) is 7.14. The van der Waals surface area contributed by atoms with Crippen LogP contribution in [0.25, 0.3) is 0 Å². The third-order valence-corrected chi connectivity index (χ3v) is 3.69. The second-order valence-corrected chi connectivity index (χ2v) is 5.13. The van der Waals surface area contributed by atoms with Gasteiger partial charge in [0, 0.05) is 31.5 Å². The molecule has 5 heteroatoms. The Labute approximate surface area is 124 Å². The van der Waals surface area contributed by atoms with Crippen LogP contribution in [-0.2, 0) is 0 Å². The molecular weight excluding hydrogens is 262 g/mol. The minimum Gasteiger partial charge on any atom is -0.368 e. The molecule has 0 saturated carbocycles. The first-order valence-electron chi connectivity index (χ1n) is 7.14. The van der Waals surface area contributed by atoms with Crippen molar-refractivity contribution in [3.05, 3.63) is 48.3 Å². The molecule has 2 heterocycles. The van der Waals surface area contributed by atoms with E-state index in [2.05, 4.69) is 26.3 Å². The van der Waals surface area contributed by atoms with Crippen molar-refractivity contribution in [1.82, 2.24) is 9.97 Å². The quantitative estimate of drug-likeness (QED) is 0.934. The summed E-state index contributed by atoms with van der Waals surface area (Å²) in [5, 5.41) is 12.6. The summed E-state index contributed by atoms with van der Waals surface area (Å²) in [5.41, 5.74) is 1.74. The number of benzene rings is 1. The van der Waals surface area contributed by atoms with Gasteiger partial charge in [0.1, 0.15) is 6.07 Å². The van der Waals surface area contributed by atoms with E-state index in [-0.39, 0.29) is 0 Å². The zero-order valence-corrected chi connectivity index (χ0v) is 11.7. The Morgan fingerprint density at radius 2 is 2.00 bits per heavy atom. The van der Waals surface area contributed by atoms with Crippen LogP contribution in [0.5, 0.6) is 0 Å². The first-order chi connectivity index (χ1) is 10.4. The monoisotopic (exact) mass is 279 g/mol. The van der Waals surface area contributed by atoms with Gasteiger partial charge < -0.3 is 10.2 Å². The number of rotatable bonds is 3. The van der Waals surface area contributed by atoms with Crippen LogP contribution in [0.15, 0.2) is 42.7 Å². The van der Waals surface area contributed by atoms with Gasteiger partial charge in [-0.15, -0.1) is 0 Å². The summed E-state index contributed by atoms with van der Waals surface area (Å²) in [6.07, 6.45) is 5.65. The molecule has 1 saturated heterocycles. The highest BCUT2D eigenvalue weighted by molar-refractivity contribution is 5.59. The van der Waals surface area contributed by atoms with Crippen LogP contribution in [0, 0.1) is 11.3 Å². The van der Waals surface area contributed by atoms with Crippen LogP contribution < -0.4 is 10.2 Å².